The van der Waals surface area contributed by atoms with E-state index >= 15 is 0 Å². The van der Waals surface area contributed by atoms with E-state index in [9.17, 15) is 16.8 Å². The molecule has 0 unspecified atom stereocenters. The average molecular weight is 214 g/mol. The number of hydrogen-bond donors (Lipinski definition) is 1. The molecule has 0 saturated carbocycles. The first-order valence-corrected chi connectivity index (χ1v) is 6.89. The smallest absolute Gasteiger partial charge is 0.215 e. The zero-order valence-electron chi connectivity index (χ0n) is 6.30. The van der Waals surface area contributed by atoms with Crippen LogP contribution >= 0.6 is 0 Å². The molecule has 0 aromatic rings. The minimum absolute atomic E-state index is 0.249. The van der Waals surface area contributed by atoms with Gasteiger partial charge in [0, 0.05) is 13.1 Å². The highest BCUT2D eigenvalue weighted by atomic mass is 33.2. The van der Waals surface area contributed by atoms with Crippen molar-refractivity contribution in [2.75, 3.05) is 13.1 Å². The second-order valence-electron chi connectivity index (χ2n) is 2.56. The summed E-state index contributed by atoms with van der Waals surface area (Å²) in [7, 11) is -8.78. The van der Waals surface area contributed by atoms with Crippen LogP contribution in [0.4, 0.5) is 0 Å². The molecule has 8 heteroatoms. The number of rotatable bonds is 2. The van der Waals surface area contributed by atoms with Crippen LogP contribution < -0.4 is 5.14 Å². The summed E-state index contributed by atoms with van der Waals surface area (Å²) in [5.41, 5.74) is 0. The van der Waals surface area contributed by atoms with Gasteiger partial charge in [-0.25, -0.2) is 5.14 Å². The highest BCUT2D eigenvalue weighted by Gasteiger charge is 2.34. The van der Waals surface area contributed by atoms with Gasteiger partial charge in [0.25, 0.3) is 0 Å². The Balaban J connectivity index is 3.01. The number of hydrogen-bond acceptors (Lipinski definition) is 4. The Bertz CT molecular complexity index is 351. The molecule has 6 nitrogen and oxygen atoms in total. The van der Waals surface area contributed by atoms with Crippen LogP contribution in [0.15, 0.2) is 0 Å². The normalized spacial score (nSPS) is 21.4. The first kappa shape index (κ1) is 9.90. The van der Waals surface area contributed by atoms with Crippen LogP contribution in [0.1, 0.15) is 12.8 Å². The molecule has 0 aromatic carbocycles. The van der Waals surface area contributed by atoms with Gasteiger partial charge in [-0.05, 0) is 12.8 Å². The molecule has 0 bridgehead atoms. The van der Waals surface area contributed by atoms with Gasteiger partial charge in [-0.3, -0.25) is 0 Å². The molecule has 1 aliphatic rings. The first-order chi connectivity index (χ1) is 5.36. The Labute approximate surface area is 70.8 Å². The molecule has 0 aromatic heterocycles. The zero-order chi connectivity index (χ0) is 9.41. The van der Waals surface area contributed by atoms with Crippen LogP contribution in [0.2, 0.25) is 0 Å². The Kier molecular flexibility index (Phi) is 2.43. The van der Waals surface area contributed by atoms with Gasteiger partial charge in [0.05, 0.1) is 0 Å². The van der Waals surface area contributed by atoms with Crippen molar-refractivity contribution in [1.82, 2.24) is 4.31 Å². The highest BCUT2D eigenvalue weighted by Crippen LogP contribution is 2.15. The fraction of sp³-hybridized carbons (Fsp3) is 1.00. The van der Waals surface area contributed by atoms with Gasteiger partial charge in [-0.15, -0.1) is 0 Å². The fourth-order valence-electron chi connectivity index (χ4n) is 1.06. The maximum absolute atomic E-state index is 11.1. The van der Waals surface area contributed by atoms with E-state index in [2.05, 4.69) is 5.14 Å². The van der Waals surface area contributed by atoms with Crippen molar-refractivity contribution < 1.29 is 16.8 Å². The second kappa shape index (κ2) is 2.95. The third kappa shape index (κ3) is 1.60. The molecule has 72 valence electrons. The largest absolute Gasteiger partial charge is 0.333 e. The SMILES string of the molecule is NS(=O)(=O)S(=O)(=O)N1CCCC1. The molecule has 1 aliphatic heterocycles. The van der Waals surface area contributed by atoms with Crippen molar-refractivity contribution >= 4 is 18.1 Å². The molecule has 0 spiro atoms. The minimum Gasteiger partial charge on any atom is -0.215 e. The van der Waals surface area contributed by atoms with Crippen molar-refractivity contribution in [2.24, 2.45) is 5.14 Å². The average Bonchev–Trinajstić information content (AvgIpc) is 2.34. The Morgan fingerprint density at radius 2 is 1.42 bits per heavy atom. The Morgan fingerprint density at radius 1 is 1.00 bits per heavy atom. The predicted octanol–water partition coefficient (Wildman–Crippen LogP) is -1.38. The highest BCUT2D eigenvalue weighted by molar-refractivity contribution is 8.65. The molecule has 1 fully saturated rings. The van der Waals surface area contributed by atoms with E-state index in [0.29, 0.717) is 12.8 Å². The van der Waals surface area contributed by atoms with Crippen LogP contribution in [0, 0.1) is 0 Å². The summed E-state index contributed by atoms with van der Waals surface area (Å²) in [4.78, 5) is 0. The van der Waals surface area contributed by atoms with Gasteiger partial charge in [0.15, 0.2) is 0 Å². The summed E-state index contributed by atoms with van der Waals surface area (Å²) in [5.74, 6) is 0. The van der Waals surface area contributed by atoms with Crippen LogP contribution in [-0.2, 0) is 18.1 Å². The molecule has 2 N–H and O–H groups in total. The zero-order valence-corrected chi connectivity index (χ0v) is 7.94. The third-order valence-electron chi connectivity index (χ3n) is 1.67. The van der Waals surface area contributed by atoms with Gasteiger partial charge in [0.1, 0.15) is 0 Å². The molecular formula is C4H10N2O4S2. The van der Waals surface area contributed by atoms with Gasteiger partial charge >= 0.3 is 18.1 Å². The molecule has 0 aliphatic carbocycles. The second-order valence-corrected chi connectivity index (χ2v) is 7.57. The quantitative estimate of drug-likeness (QED) is 0.572. The van der Waals surface area contributed by atoms with Crippen molar-refractivity contribution in [1.29, 1.82) is 0 Å². The van der Waals surface area contributed by atoms with Crippen LogP contribution in [0.25, 0.3) is 0 Å². The lowest BCUT2D eigenvalue weighted by Gasteiger charge is -2.12. The Morgan fingerprint density at radius 3 is 1.75 bits per heavy atom. The number of nitrogens with zero attached hydrogens (tertiary/aromatic N) is 1. The first-order valence-electron chi connectivity index (χ1n) is 3.38. The fourth-order valence-corrected chi connectivity index (χ4v) is 3.39. The van der Waals surface area contributed by atoms with Crippen LogP contribution in [-0.4, -0.2) is 34.2 Å². The molecule has 12 heavy (non-hydrogen) atoms. The van der Waals surface area contributed by atoms with E-state index in [1.165, 1.54) is 0 Å². The standard InChI is InChI=1S/C4H10N2O4S2/c5-11(7,8)12(9,10)6-3-1-2-4-6/h1-4H2,(H2,5,7,8). The lowest BCUT2D eigenvalue weighted by atomic mass is 10.4. The third-order valence-corrected chi connectivity index (χ3v) is 5.65. The van der Waals surface area contributed by atoms with Crippen molar-refractivity contribution in [3.63, 3.8) is 0 Å². The van der Waals surface area contributed by atoms with E-state index in [-0.39, 0.29) is 13.1 Å². The van der Waals surface area contributed by atoms with E-state index in [4.69, 9.17) is 0 Å². The summed E-state index contributed by atoms with van der Waals surface area (Å²) in [5, 5.41) is 4.54. The van der Waals surface area contributed by atoms with Gasteiger partial charge < -0.3 is 0 Å². The summed E-state index contributed by atoms with van der Waals surface area (Å²) in [6.45, 7) is 0.498. The minimum atomic E-state index is -4.49. The van der Waals surface area contributed by atoms with Crippen LogP contribution in [0.5, 0.6) is 0 Å². The molecule has 1 rings (SSSR count). The predicted molar refractivity (Wildman–Crippen MR) is 42.8 cm³/mol. The summed E-state index contributed by atoms with van der Waals surface area (Å²) >= 11 is 0. The van der Waals surface area contributed by atoms with E-state index in [1.54, 1.807) is 0 Å². The molecular weight excluding hydrogens is 204 g/mol. The van der Waals surface area contributed by atoms with Crippen molar-refractivity contribution in [3.05, 3.63) is 0 Å². The molecule has 0 atom stereocenters. The van der Waals surface area contributed by atoms with Gasteiger partial charge in [0.2, 0.25) is 0 Å². The molecule has 0 radical (unpaired) electrons. The van der Waals surface area contributed by atoms with E-state index < -0.39 is 18.1 Å². The summed E-state index contributed by atoms with van der Waals surface area (Å²) < 4.78 is 44.2. The van der Waals surface area contributed by atoms with Crippen molar-refractivity contribution in [3.8, 4) is 0 Å². The summed E-state index contributed by atoms with van der Waals surface area (Å²) in [6, 6.07) is 0. The Hall–Kier alpha value is -0.180. The maximum Gasteiger partial charge on any atom is 0.333 e. The van der Waals surface area contributed by atoms with Crippen LogP contribution in [0.3, 0.4) is 0 Å². The molecule has 0 amide bonds. The topological polar surface area (TPSA) is 97.5 Å². The summed E-state index contributed by atoms with van der Waals surface area (Å²) in [6.07, 6.45) is 1.38. The monoisotopic (exact) mass is 214 g/mol. The molecule has 1 saturated heterocycles. The van der Waals surface area contributed by atoms with E-state index in [0.717, 1.165) is 4.31 Å². The lowest BCUT2D eigenvalue weighted by Crippen LogP contribution is -2.37. The van der Waals surface area contributed by atoms with E-state index in [1.807, 2.05) is 0 Å². The maximum atomic E-state index is 11.1. The van der Waals surface area contributed by atoms with Gasteiger partial charge in [-0.1, -0.05) is 0 Å². The van der Waals surface area contributed by atoms with Gasteiger partial charge in [-0.2, -0.15) is 21.1 Å². The number of nitrogens with two attached hydrogens (primary N) is 1. The molecule has 1 heterocycles. The lowest BCUT2D eigenvalue weighted by molar-refractivity contribution is 0.486. The van der Waals surface area contributed by atoms with Crippen molar-refractivity contribution in [2.45, 2.75) is 12.8 Å².